The Bertz CT molecular complexity index is 301. The van der Waals surface area contributed by atoms with Crippen LogP contribution in [0.3, 0.4) is 0 Å². The largest absolute Gasteiger partial charge is 0.0660 e. The standard InChI is InChI=1S/C24H44Si/c1-5-13-21(14-6-1)25(22-15-7-2-8-16-22,23-17-9-3-10-18-23)24-19-11-4-12-20-24/h21-24H,1-20H2. The summed E-state index contributed by atoms with van der Waals surface area (Å²) < 4.78 is 0. The number of hydrogen-bond donors (Lipinski definition) is 0. The average molecular weight is 361 g/mol. The highest BCUT2D eigenvalue weighted by molar-refractivity contribution is 6.85. The molecule has 4 rings (SSSR count). The molecule has 0 saturated heterocycles. The molecule has 0 N–H and O–H groups in total. The molecular formula is C24H44Si. The zero-order valence-corrected chi connectivity index (χ0v) is 18.0. The molecule has 0 aliphatic heterocycles. The van der Waals surface area contributed by atoms with Crippen LogP contribution in [0.4, 0.5) is 0 Å². The van der Waals surface area contributed by atoms with Crippen LogP contribution in [0.5, 0.6) is 0 Å². The molecule has 4 aliphatic rings. The van der Waals surface area contributed by atoms with Gasteiger partial charge < -0.3 is 0 Å². The lowest BCUT2D eigenvalue weighted by Gasteiger charge is -2.58. The van der Waals surface area contributed by atoms with Crippen LogP contribution in [0.2, 0.25) is 22.2 Å². The molecule has 0 aromatic heterocycles. The SMILES string of the molecule is C1CCC([Si](C2CCCCC2)(C2CCCCC2)C2CCCCC2)CC1. The van der Waals surface area contributed by atoms with Gasteiger partial charge in [0.05, 0.1) is 8.07 Å². The van der Waals surface area contributed by atoms with E-state index in [-0.39, 0.29) is 0 Å². The minimum absolute atomic E-state index is 1.19. The van der Waals surface area contributed by atoms with E-state index in [0.717, 1.165) is 0 Å². The van der Waals surface area contributed by atoms with Gasteiger partial charge in [-0.2, -0.15) is 0 Å². The molecule has 144 valence electrons. The summed E-state index contributed by atoms with van der Waals surface area (Å²) in [6.45, 7) is 0. The van der Waals surface area contributed by atoms with Crippen molar-refractivity contribution in [2.45, 2.75) is 151 Å². The lowest BCUT2D eigenvalue weighted by atomic mass is 9.97. The van der Waals surface area contributed by atoms with Crippen molar-refractivity contribution < 1.29 is 0 Å². The predicted molar refractivity (Wildman–Crippen MR) is 113 cm³/mol. The van der Waals surface area contributed by atoms with Gasteiger partial charge in [0.25, 0.3) is 0 Å². The van der Waals surface area contributed by atoms with E-state index >= 15 is 0 Å². The Morgan fingerprint density at radius 1 is 0.280 bits per heavy atom. The van der Waals surface area contributed by atoms with Gasteiger partial charge in [-0.25, -0.2) is 0 Å². The van der Waals surface area contributed by atoms with E-state index < -0.39 is 8.07 Å². The van der Waals surface area contributed by atoms with Crippen molar-refractivity contribution in [3.05, 3.63) is 0 Å². The first-order valence-electron chi connectivity index (χ1n) is 12.4. The van der Waals surface area contributed by atoms with Crippen molar-refractivity contribution in [1.29, 1.82) is 0 Å². The van der Waals surface area contributed by atoms with Gasteiger partial charge in [0.2, 0.25) is 0 Å². The normalized spacial score (nSPS) is 29.8. The summed E-state index contributed by atoms with van der Waals surface area (Å²) in [6.07, 6.45) is 32.2. The van der Waals surface area contributed by atoms with Gasteiger partial charge in [-0.3, -0.25) is 0 Å². The fraction of sp³-hybridized carbons (Fsp3) is 1.00. The molecule has 0 unspecified atom stereocenters. The highest BCUT2D eigenvalue weighted by Crippen LogP contribution is 2.63. The predicted octanol–water partition coefficient (Wildman–Crippen LogP) is 8.77. The van der Waals surface area contributed by atoms with Crippen molar-refractivity contribution in [3.8, 4) is 0 Å². The van der Waals surface area contributed by atoms with Crippen molar-refractivity contribution in [2.24, 2.45) is 0 Å². The van der Waals surface area contributed by atoms with E-state index in [2.05, 4.69) is 0 Å². The van der Waals surface area contributed by atoms with Gasteiger partial charge in [0.1, 0.15) is 0 Å². The minimum atomic E-state index is -1.19. The molecule has 4 aliphatic carbocycles. The molecule has 0 heterocycles. The quantitative estimate of drug-likeness (QED) is 0.439. The summed E-state index contributed by atoms with van der Waals surface area (Å²) in [5, 5.41) is 0. The second kappa shape index (κ2) is 8.94. The van der Waals surface area contributed by atoms with Crippen LogP contribution < -0.4 is 0 Å². The highest BCUT2D eigenvalue weighted by atomic mass is 28.3. The molecule has 0 radical (unpaired) electrons. The van der Waals surface area contributed by atoms with Crippen LogP contribution in [0.1, 0.15) is 128 Å². The second-order valence-electron chi connectivity index (χ2n) is 10.3. The summed E-state index contributed by atoms with van der Waals surface area (Å²) in [6, 6.07) is 0. The summed E-state index contributed by atoms with van der Waals surface area (Å²) >= 11 is 0. The maximum absolute atomic E-state index is 1.66. The Kier molecular flexibility index (Phi) is 6.64. The third-order valence-electron chi connectivity index (χ3n) is 9.25. The number of rotatable bonds is 4. The minimum Gasteiger partial charge on any atom is -0.0533 e. The van der Waals surface area contributed by atoms with E-state index in [0.29, 0.717) is 0 Å². The summed E-state index contributed by atoms with van der Waals surface area (Å²) in [5.74, 6) is 0. The maximum atomic E-state index is 1.66. The van der Waals surface area contributed by atoms with E-state index in [1.807, 2.05) is 0 Å². The summed E-state index contributed by atoms with van der Waals surface area (Å²) in [4.78, 5) is 0. The molecule has 1 heteroatoms. The molecule has 0 nitrogen and oxygen atoms in total. The fourth-order valence-electron chi connectivity index (χ4n) is 8.41. The molecule has 4 fully saturated rings. The van der Waals surface area contributed by atoms with Crippen LogP contribution in [-0.2, 0) is 0 Å². The molecular weight excluding hydrogens is 316 g/mol. The first-order valence-corrected chi connectivity index (χ1v) is 14.7. The first kappa shape index (κ1) is 18.6. The van der Waals surface area contributed by atoms with E-state index in [1.54, 1.807) is 128 Å². The zero-order chi connectivity index (χ0) is 17.0. The van der Waals surface area contributed by atoms with Gasteiger partial charge in [0.15, 0.2) is 0 Å². The van der Waals surface area contributed by atoms with Crippen LogP contribution in [-0.4, -0.2) is 8.07 Å². The Balaban J connectivity index is 1.70. The fourth-order valence-corrected chi connectivity index (χ4v) is 18.0. The van der Waals surface area contributed by atoms with Gasteiger partial charge in [-0.05, 0) is 22.2 Å². The summed E-state index contributed by atoms with van der Waals surface area (Å²) in [7, 11) is -1.19. The Morgan fingerprint density at radius 2 is 0.480 bits per heavy atom. The van der Waals surface area contributed by atoms with Gasteiger partial charge in [-0.15, -0.1) is 0 Å². The van der Waals surface area contributed by atoms with Crippen molar-refractivity contribution >= 4 is 8.07 Å². The molecule has 0 bridgehead atoms. The Hall–Kier alpha value is 0.217. The van der Waals surface area contributed by atoms with Crippen molar-refractivity contribution in [3.63, 3.8) is 0 Å². The average Bonchev–Trinajstić information content (AvgIpc) is 2.72. The van der Waals surface area contributed by atoms with Gasteiger partial charge in [0, 0.05) is 0 Å². The third kappa shape index (κ3) is 3.78. The second-order valence-corrected chi connectivity index (χ2v) is 15.6. The maximum Gasteiger partial charge on any atom is 0.0660 e. The van der Waals surface area contributed by atoms with Crippen LogP contribution in [0.25, 0.3) is 0 Å². The zero-order valence-electron chi connectivity index (χ0n) is 17.0. The molecule has 0 amide bonds. The van der Waals surface area contributed by atoms with Crippen LogP contribution >= 0.6 is 0 Å². The molecule has 0 spiro atoms. The monoisotopic (exact) mass is 360 g/mol. The van der Waals surface area contributed by atoms with E-state index in [9.17, 15) is 0 Å². The first-order chi connectivity index (χ1) is 12.4. The molecule has 0 aromatic rings. The lowest BCUT2D eigenvalue weighted by molar-refractivity contribution is 0.382. The Labute approximate surface area is 158 Å². The third-order valence-corrected chi connectivity index (χ3v) is 17.2. The molecule has 0 aromatic carbocycles. The van der Waals surface area contributed by atoms with E-state index in [4.69, 9.17) is 0 Å². The molecule has 4 saturated carbocycles. The topological polar surface area (TPSA) is 0 Å². The Morgan fingerprint density at radius 3 is 0.680 bits per heavy atom. The van der Waals surface area contributed by atoms with E-state index in [1.165, 1.54) is 22.2 Å². The van der Waals surface area contributed by atoms with Crippen molar-refractivity contribution in [2.75, 3.05) is 0 Å². The van der Waals surface area contributed by atoms with Gasteiger partial charge >= 0.3 is 0 Å². The summed E-state index contributed by atoms with van der Waals surface area (Å²) in [5.41, 5.74) is 4.98. The lowest BCUT2D eigenvalue weighted by Crippen LogP contribution is -2.55. The molecule has 0 atom stereocenters. The van der Waals surface area contributed by atoms with Crippen LogP contribution in [0.15, 0.2) is 0 Å². The van der Waals surface area contributed by atoms with Crippen molar-refractivity contribution in [1.82, 2.24) is 0 Å². The molecule has 25 heavy (non-hydrogen) atoms. The highest BCUT2D eigenvalue weighted by Gasteiger charge is 2.56. The smallest absolute Gasteiger partial charge is 0.0533 e. The number of hydrogen-bond acceptors (Lipinski definition) is 0. The van der Waals surface area contributed by atoms with Gasteiger partial charge in [-0.1, -0.05) is 128 Å². The van der Waals surface area contributed by atoms with Crippen LogP contribution in [0, 0.1) is 0 Å².